The summed E-state index contributed by atoms with van der Waals surface area (Å²) in [6, 6.07) is 5.31. The molecule has 0 saturated heterocycles. The highest BCUT2D eigenvalue weighted by molar-refractivity contribution is 6.42. The van der Waals surface area contributed by atoms with Gasteiger partial charge in [0.05, 0.1) is 10.0 Å². The molecule has 1 nitrogen and oxygen atoms in total. The average molecular weight is 347 g/mol. The molecule has 23 heavy (non-hydrogen) atoms. The van der Waals surface area contributed by atoms with E-state index in [4.69, 9.17) is 23.2 Å². The standard InChI is InChI=1S/C20H20Cl2O/c1-11-12(2)14(4)20(15(5)13(11)3)19(23)9-7-16-6-8-17(21)18(22)10-16/h6-10H,1-5H3/b9-7-. The largest absolute Gasteiger partial charge is 0.289 e. The first-order chi connectivity index (χ1) is 10.7. The Labute approximate surface area is 147 Å². The first kappa shape index (κ1) is 17.8. The van der Waals surface area contributed by atoms with Gasteiger partial charge in [0.1, 0.15) is 0 Å². The van der Waals surface area contributed by atoms with Crippen molar-refractivity contribution in [2.75, 3.05) is 0 Å². The number of ketones is 1. The first-order valence-electron chi connectivity index (χ1n) is 7.48. The molecule has 2 rings (SSSR count). The minimum atomic E-state index is 0.0114. The van der Waals surface area contributed by atoms with Gasteiger partial charge < -0.3 is 0 Å². The zero-order chi connectivity index (χ0) is 17.3. The fourth-order valence-electron chi connectivity index (χ4n) is 2.74. The number of halogens is 2. The summed E-state index contributed by atoms with van der Waals surface area (Å²) in [5, 5.41) is 0.988. The number of benzene rings is 2. The van der Waals surface area contributed by atoms with Gasteiger partial charge in [0.25, 0.3) is 0 Å². The fourth-order valence-corrected chi connectivity index (χ4v) is 3.05. The molecule has 0 fully saturated rings. The second kappa shape index (κ2) is 6.90. The van der Waals surface area contributed by atoms with Crippen LogP contribution >= 0.6 is 23.2 Å². The molecule has 0 bridgehead atoms. The molecular weight excluding hydrogens is 327 g/mol. The van der Waals surface area contributed by atoms with Gasteiger partial charge in [-0.25, -0.2) is 0 Å². The van der Waals surface area contributed by atoms with Crippen LogP contribution in [0.3, 0.4) is 0 Å². The lowest BCUT2D eigenvalue weighted by Crippen LogP contribution is -2.07. The van der Waals surface area contributed by atoms with Crippen LogP contribution in [0.25, 0.3) is 6.08 Å². The number of allylic oxidation sites excluding steroid dienone is 1. The summed E-state index contributed by atoms with van der Waals surface area (Å²) in [6.45, 7) is 10.3. The summed E-state index contributed by atoms with van der Waals surface area (Å²) in [6.07, 6.45) is 3.37. The third-order valence-electron chi connectivity index (χ3n) is 4.62. The van der Waals surface area contributed by atoms with E-state index in [1.54, 1.807) is 24.3 Å². The van der Waals surface area contributed by atoms with Crippen LogP contribution in [0.2, 0.25) is 10.0 Å². The molecule has 120 valence electrons. The Balaban J connectivity index is 2.42. The summed E-state index contributed by atoms with van der Waals surface area (Å²) in [7, 11) is 0. The first-order valence-corrected chi connectivity index (χ1v) is 8.24. The monoisotopic (exact) mass is 346 g/mol. The maximum absolute atomic E-state index is 12.7. The average Bonchev–Trinajstić information content (AvgIpc) is 2.52. The maximum atomic E-state index is 12.7. The van der Waals surface area contributed by atoms with E-state index >= 15 is 0 Å². The zero-order valence-electron chi connectivity index (χ0n) is 14.1. The highest BCUT2D eigenvalue weighted by Crippen LogP contribution is 2.27. The quantitative estimate of drug-likeness (QED) is 0.462. The summed E-state index contributed by atoms with van der Waals surface area (Å²) in [5.74, 6) is 0.0114. The molecule has 2 aromatic carbocycles. The molecule has 0 aliphatic rings. The van der Waals surface area contributed by atoms with Crippen LogP contribution in [0.15, 0.2) is 24.3 Å². The Kier molecular flexibility index (Phi) is 5.33. The number of hydrogen-bond donors (Lipinski definition) is 0. The third-order valence-corrected chi connectivity index (χ3v) is 5.36. The summed E-state index contributed by atoms with van der Waals surface area (Å²) in [4.78, 5) is 12.7. The predicted octanol–water partition coefficient (Wildman–Crippen LogP) is 6.43. The van der Waals surface area contributed by atoms with E-state index in [9.17, 15) is 4.79 Å². The van der Waals surface area contributed by atoms with Crippen molar-refractivity contribution in [2.24, 2.45) is 0 Å². The smallest absolute Gasteiger partial charge is 0.186 e. The van der Waals surface area contributed by atoms with Crippen molar-refractivity contribution in [1.29, 1.82) is 0 Å². The highest BCUT2D eigenvalue weighted by atomic mass is 35.5. The van der Waals surface area contributed by atoms with E-state index in [0.717, 1.165) is 22.3 Å². The highest BCUT2D eigenvalue weighted by Gasteiger charge is 2.16. The van der Waals surface area contributed by atoms with Gasteiger partial charge in [-0.3, -0.25) is 4.79 Å². The van der Waals surface area contributed by atoms with E-state index in [0.29, 0.717) is 10.0 Å². The van der Waals surface area contributed by atoms with Crippen molar-refractivity contribution in [2.45, 2.75) is 34.6 Å². The minimum absolute atomic E-state index is 0.0114. The van der Waals surface area contributed by atoms with Crippen LogP contribution in [0, 0.1) is 34.6 Å². The third kappa shape index (κ3) is 3.52. The van der Waals surface area contributed by atoms with Gasteiger partial charge >= 0.3 is 0 Å². The topological polar surface area (TPSA) is 17.1 Å². The lowest BCUT2D eigenvalue weighted by Gasteiger charge is -2.16. The van der Waals surface area contributed by atoms with Crippen LogP contribution in [-0.4, -0.2) is 5.78 Å². The van der Waals surface area contributed by atoms with Crippen LogP contribution < -0.4 is 0 Å². The zero-order valence-corrected chi connectivity index (χ0v) is 15.6. The van der Waals surface area contributed by atoms with Crippen molar-refractivity contribution < 1.29 is 4.79 Å². The molecule has 0 atom stereocenters. The Morgan fingerprint density at radius 3 is 1.87 bits per heavy atom. The van der Waals surface area contributed by atoms with Gasteiger partial charge in [-0.1, -0.05) is 35.3 Å². The van der Waals surface area contributed by atoms with Crippen LogP contribution in [0.5, 0.6) is 0 Å². The molecule has 0 N–H and O–H groups in total. The normalized spacial score (nSPS) is 11.3. The number of rotatable bonds is 3. The molecule has 0 aliphatic carbocycles. The molecule has 0 unspecified atom stereocenters. The van der Waals surface area contributed by atoms with Crippen LogP contribution in [-0.2, 0) is 0 Å². The Hall–Kier alpha value is -1.57. The second-order valence-electron chi connectivity index (χ2n) is 5.87. The lowest BCUT2D eigenvalue weighted by atomic mass is 9.87. The molecule has 0 amide bonds. The second-order valence-corrected chi connectivity index (χ2v) is 6.69. The van der Waals surface area contributed by atoms with Crippen LogP contribution in [0.1, 0.15) is 43.7 Å². The summed E-state index contributed by atoms with van der Waals surface area (Å²) in [5.41, 5.74) is 7.36. The van der Waals surface area contributed by atoms with Gasteiger partial charge in [-0.15, -0.1) is 0 Å². The number of hydrogen-bond acceptors (Lipinski definition) is 1. The SMILES string of the molecule is Cc1c(C)c(C)c(C(=O)/C=C\c2ccc(Cl)c(Cl)c2)c(C)c1C. The van der Waals surface area contributed by atoms with Gasteiger partial charge in [-0.05, 0) is 86.2 Å². The fraction of sp³-hybridized carbons (Fsp3) is 0.250. The van der Waals surface area contributed by atoms with E-state index in [2.05, 4.69) is 20.8 Å². The predicted molar refractivity (Wildman–Crippen MR) is 100.0 cm³/mol. The molecule has 0 aliphatic heterocycles. The number of carbonyl (C=O) groups is 1. The number of carbonyl (C=O) groups excluding carboxylic acids is 1. The van der Waals surface area contributed by atoms with Gasteiger partial charge in [0, 0.05) is 5.56 Å². The van der Waals surface area contributed by atoms with Gasteiger partial charge in [0.15, 0.2) is 5.78 Å². The molecule has 0 spiro atoms. The van der Waals surface area contributed by atoms with E-state index in [-0.39, 0.29) is 5.78 Å². The summed E-state index contributed by atoms with van der Waals surface area (Å²) >= 11 is 11.9. The van der Waals surface area contributed by atoms with Crippen molar-refractivity contribution in [3.63, 3.8) is 0 Å². The van der Waals surface area contributed by atoms with Crippen molar-refractivity contribution in [3.05, 3.63) is 73.3 Å². The molecule has 0 heterocycles. The molecule has 0 aromatic heterocycles. The van der Waals surface area contributed by atoms with E-state index in [1.165, 1.54) is 16.7 Å². The summed E-state index contributed by atoms with van der Waals surface area (Å²) < 4.78 is 0. The lowest BCUT2D eigenvalue weighted by molar-refractivity contribution is 0.104. The van der Waals surface area contributed by atoms with Gasteiger partial charge in [0.2, 0.25) is 0 Å². The molecular formula is C20H20Cl2O. The van der Waals surface area contributed by atoms with Crippen molar-refractivity contribution in [1.82, 2.24) is 0 Å². The minimum Gasteiger partial charge on any atom is -0.289 e. The Bertz CT molecular complexity index is 788. The molecule has 0 saturated carbocycles. The van der Waals surface area contributed by atoms with Crippen LogP contribution in [0.4, 0.5) is 0 Å². The van der Waals surface area contributed by atoms with E-state index in [1.807, 2.05) is 19.9 Å². The van der Waals surface area contributed by atoms with Gasteiger partial charge in [-0.2, -0.15) is 0 Å². The maximum Gasteiger partial charge on any atom is 0.186 e. The molecule has 2 aromatic rings. The Morgan fingerprint density at radius 2 is 1.35 bits per heavy atom. The molecule has 3 heteroatoms. The molecule has 0 radical (unpaired) electrons. The Morgan fingerprint density at radius 1 is 0.826 bits per heavy atom. The van der Waals surface area contributed by atoms with Crippen molar-refractivity contribution >= 4 is 35.1 Å². The van der Waals surface area contributed by atoms with Crippen molar-refractivity contribution in [3.8, 4) is 0 Å². The van der Waals surface area contributed by atoms with E-state index < -0.39 is 0 Å².